The van der Waals surface area contributed by atoms with Crippen LogP contribution in [-0.2, 0) is 9.59 Å². The molecule has 1 aromatic carbocycles. The zero-order valence-electron chi connectivity index (χ0n) is 10.7. The first-order valence-corrected chi connectivity index (χ1v) is 8.25. The molecule has 0 radical (unpaired) electrons. The fourth-order valence-corrected chi connectivity index (χ4v) is 3.65. The van der Waals surface area contributed by atoms with Gasteiger partial charge in [0.25, 0.3) is 0 Å². The molecule has 1 aliphatic heterocycles. The van der Waals surface area contributed by atoms with Crippen LogP contribution < -0.4 is 10.6 Å². The predicted molar refractivity (Wildman–Crippen MR) is 88.0 cm³/mol. The van der Waals surface area contributed by atoms with Crippen molar-refractivity contribution >= 4 is 62.1 Å². The Kier molecular flexibility index (Phi) is 4.01. The van der Waals surface area contributed by atoms with Crippen molar-refractivity contribution in [2.24, 2.45) is 0 Å². The fourth-order valence-electron chi connectivity index (χ4n) is 2.12. The summed E-state index contributed by atoms with van der Waals surface area (Å²) < 4.78 is 1.01. The Morgan fingerprint density at radius 2 is 1.81 bits per heavy atom. The lowest BCUT2D eigenvalue weighted by molar-refractivity contribution is -0.123. The molecular weight excluding hydrogens is 376 g/mol. The molecule has 21 heavy (non-hydrogen) atoms. The van der Waals surface area contributed by atoms with Crippen LogP contribution in [-0.4, -0.2) is 11.8 Å². The van der Waals surface area contributed by atoms with Crippen LogP contribution >= 0.6 is 38.9 Å². The smallest absolute Gasteiger partial charge is 0.233 e. The van der Waals surface area contributed by atoms with Crippen molar-refractivity contribution in [1.29, 1.82) is 0 Å². The zero-order valence-corrected chi connectivity index (χ0v) is 13.8. The quantitative estimate of drug-likeness (QED) is 0.603. The number of alkyl halides is 1. The van der Waals surface area contributed by atoms with E-state index in [9.17, 15) is 9.59 Å². The topological polar surface area (TPSA) is 58.2 Å². The van der Waals surface area contributed by atoms with Crippen LogP contribution in [0, 0.1) is 0 Å². The van der Waals surface area contributed by atoms with E-state index in [2.05, 4.69) is 26.6 Å². The molecule has 1 aliphatic rings. The molecule has 0 fully saturated rings. The summed E-state index contributed by atoms with van der Waals surface area (Å²) in [4.78, 5) is 23.1. The number of rotatable bonds is 2. The number of hydrogen-bond donors (Lipinski definition) is 2. The van der Waals surface area contributed by atoms with E-state index in [4.69, 9.17) is 11.6 Å². The second-order valence-corrected chi connectivity index (χ2v) is 7.35. The third-order valence-electron chi connectivity index (χ3n) is 3.09. The van der Waals surface area contributed by atoms with Crippen molar-refractivity contribution in [3.05, 3.63) is 44.6 Å². The van der Waals surface area contributed by atoms with Gasteiger partial charge in [-0.2, -0.15) is 0 Å². The molecule has 2 aromatic rings. The number of carbonyl (C=O) groups excluding carboxylic acids is 2. The van der Waals surface area contributed by atoms with Crippen LogP contribution in [0.4, 0.5) is 11.4 Å². The number of benzene rings is 1. The van der Waals surface area contributed by atoms with Gasteiger partial charge >= 0.3 is 0 Å². The minimum atomic E-state index is -0.326. The third-order valence-corrected chi connectivity index (χ3v) is 5.11. The summed E-state index contributed by atoms with van der Waals surface area (Å²) in [6.07, 6.45) is -0.175. The standard InChI is InChI=1S/C14H10BrClN2O2S/c15-11-4-8(6-21-11)14(16)7-1-2-9-10(3-7)18-13(20)5-12(19)17-9/h1-4,6,14H,5H2,(H,17,19)(H,18,20). The van der Waals surface area contributed by atoms with Crippen molar-refractivity contribution < 1.29 is 9.59 Å². The molecule has 0 bridgehead atoms. The Balaban J connectivity index is 1.95. The highest BCUT2D eigenvalue weighted by Crippen LogP contribution is 2.36. The molecule has 2 amide bonds. The Hall–Kier alpha value is -1.37. The molecular formula is C14H10BrClN2O2S. The summed E-state index contributed by atoms with van der Waals surface area (Å²) >= 11 is 11.5. The Morgan fingerprint density at radius 3 is 2.48 bits per heavy atom. The highest BCUT2D eigenvalue weighted by atomic mass is 79.9. The highest BCUT2D eigenvalue weighted by molar-refractivity contribution is 9.11. The maximum absolute atomic E-state index is 11.6. The van der Waals surface area contributed by atoms with E-state index in [0.29, 0.717) is 11.4 Å². The molecule has 1 unspecified atom stereocenters. The van der Waals surface area contributed by atoms with Crippen LogP contribution in [0.15, 0.2) is 33.4 Å². The summed E-state index contributed by atoms with van der Waals surface area (Å²) in [6.45, 7) is 0. The number of nitrogens with one attached hydrogen (secondary N) is 2. The summed E-state index contributed by atoms with van der Waals surface area (Å²) in [5.41, 5.74) is 3.00. The van der Waals surface area contributed by atoms with Gasteiger partial charge < -0.3 is 10.6 Å². The average molecular weight is 386 g/mol. The van der Waals surface area contributed by atoms with Gasteiger partial charge in [0.15, 0.2) is 0 Å². The maximum Gasteiger partial charge on any atom is 0.233 e. The number of fused-ring (bicyclic) bond motifs is 1. The number of amides is 2. The molecule has 2 N–H and O–H groups in total. The third kappa shape index (κ3) is 3.12. The fraction of sp³-hybridized carbons (Fsp3) is 0.143. The molecule has 4 nitrogen and oxygen atoms in total. The summed E-state index contributed by atoms with van der Waals surface area (Å²) in [5.74, 6) is -0.643. The summed E-state index contributed by atoms with van der Waals surface area (Å²) in [6, 6.07) is 7.36. The average Bonchev–Trinajstić information content (AvgIpc) is 2.79. The van der Waals surface area contributed by atoms with Crippen LogP contribution in [0.25, 0.3) is 0 Å². The molecule has 0 saturated carbocycles. The minimum absolute atomic E-state index is 0.175. The first-order chi connectivity index (χ1) is 10.0. The summed E-state index contributed by atoms with van der Waals surface area (Å²) in [7, 11) is 0. The van der Waals surface area contributed by atoms with Gasteiger partial charge in [-0.1, -0.05) is 6.07 Å². The Morgan fingerprint density at radius 1 is 1.10 bits per heavy atom. The van der Waals surface area contributed by atoms with Gasteiger partial charge in [0.2, 0.25) is 11.8 Å². The van der Waals surface area contributed by atoms with Crippen LogP contribution in [0.2, 0.25) is 0 Å². The number of thiophene rings is 1. The van der Waals surface area contributed by atoms with Gasteiger partial charge in [-0.05, 0) is 50.6 Å². The normalized spacial score (nSPS) is 15.7. The highest BCUT2D eigenvalue weighted by Gasteiger charge is 2.20. The molecule has 2 heterocycles. The van der Waals surface area contributed by atoms with Gasteiger partial charge in [-0.3, -0.25) is 9.59 Å². The first-order valence-electron chi connectivity index (χ1n) is 6.14. The molecule has 0 aliphatic carbocycles. The number of hydrogen-bond acceptors (Lipinski definition) is 3. The number of carbonyl (C=O) groups is 2. The van der Waals surface area contributed by atoms with Crippen LogP contribution in [0.1, 0.15) is 22.9 Å². The maximum atomic E-state index is 11.6. The molecule has 1 aromatic heterocycles. The van der Waals surface area contributed by atoms with E-state index >= 15 is 0 Å². The Labute approximate surface area is 138 Å². The molecule has 0 saturated heterocycles. The van der Waals surface area contributed by atoms with E-state index < -0.39 is 0 Å². The van der Waals surface area contributed by atoms with E-state index in [1.807, 2.05) is 17.5 Å². The van der Waals surface area contributed by atoms with E-state index in [-0.39, 0.29) is 23.6 Å². The largest absolute Gasteiger partial charge is 0.324 e. The molecule has 3 rings (SSSR count). The van der Waals surface area contributed by atoms with Crippen molar-refractivity contribution in [2.75, 3.05) is 10.6 Å². The lowest BCUT2D eigenvalue weighted by Crippen LogP contribution is -2.16. The Bertz CT molecular complexity index is 732. The van der Waals surface area contributed by atoms with Gasteiger partial charge in [-0.25, -0.2) is 0 Å². The molecule has 0 spiro atoms. The van der Waals surface area contributed by atoms with Gasteiger partial charge in [-0.15, -0.1) is 22.9 Å². The van der Waals surface area contributed by atoms with Crippen molar-refractivity contribution in [1.82, 2.24) is 0 Å². The van der Waals surface area contributed by atoms with Crippen LogP contribution in [0.5, 0.6) is 0 Å². The van der Waals surface area contributed by atoms with E-state index in [1.165, 1.54) is 0 Å². The van der Waals surface area contributed by atoms with Gasteiger partial charge in [0.05, 0.1) is 20.5 Å². The van der Waals surface area contributed by atoms with E-state index in [0.717, 1.165) is 14.9 Å². The lowest BCUT2D eigenvalue weighted by Gasteiger charge is -2.13. The van der Waals surface area contributed by atoms with Crippen molar-refractivity contribution in [3.8, 4) is 0 Å². The van der Waals surface area contributed by atoms with Gasteiger partial charge in [0, 0.05) is 0 Å². The van der Waals surface area contributed by atoms with Crippen molar-refractivity contribution in [2.45, 2.75) is 11.8 Å². The molecule has 108 valence electrons. The second-order valence-electron chi connectivity index (χ2n) is 4.62. The number of halogens is 2. The first kappa shape index (κ1) is 14.6. The lowest BCUT2D eigenvalue weighted by atomic mass is 10.1. The van der Waals surface area contributed by atoms with E-state index in [1.54, 1.807) is 23.5 Å². The summed E-state index contributed by atoms with van der Waals surface area (Å²) in [5, 5.41) is 7.08. The van der Waals surface area contributed by atoms with Crippen molar-refractivity contribution in [3.63, 3.8) is 0 Å². The SMILES string of the molecule is O=C1CC(=O)Nc2cc(C(Cl)c3csc(Br)c3)ccc2N1. The zero-order chi connectivity index (χ0) is 15.0. The molecule has 1 atom stereocenters. The number of anilines is 2. The minimum Gasteiger partial charge on any atom is -0.324 e. The monoisotopic (exact) mass is 384 g/mol. The predicted octanol–water partition coefficient (Wildman–Crippen LogP) is 4.12. The second kappa shape index (κ2) is 5.79. The molecule has 7 heteroatoms. The van der Waals surface area contributed by atoms with Gasteiger partial charge in [0.1, 0.15) is 6.42 Å². The van der Waals surface area contributed by atoms with Crippen LogP contribution in [0.3, 0.4) is 0 Å².